The Hall–Kier alpha value is -1.55. The van der Waals surface area contributed by atoms with Crippen molar-refractivity contribution in [3.8, 4) is 5.75 Å². The third kappa shape index (κ3) is 3.20. The molecule has 0 heterocycles. The van der Waals surface area contributed by atoms with Gasteiger partial charge < -0.3 is 15.8 Å². The highest BCUT2D eigenvalue weighted by molar-refractivity contribution is 5.88. The summed E-state index contributed by atoms with van der Waals surface area (Å²) in [7, 11) is 0. The molecule has 1 aromatic carbocycles. The fourth-order valence-corrected chi connectivity index (χ4v) is 1.55. The monoisotopic (exact) mass is 234 g/mol. The lowest BCUT2D eigenvalue weighted by Gasteiger charge is -2.17. The molecule has 1 aliphatic rings. The predicted octanol–water partition coefficient (Wildman–Crippen LogP) is 1.06. The fraction of sp³-hybridized carbons (Fsp3) is 0.462. The Kier molecular flexibility index (Phi) is 3.33. The zero-order valence-corrected chi connectivity index (χ0v) is 9.98. The summed E-state index contributed by atoms with van der Waals surface area (Å²) < 4.78 is 5.64. The van der Waals surface area contributed by atoms with Gasteiger partial charge in [0.2, 0.25) is 5.91 Å². The number of para-hydroxylation sites is 1. The molecule has 1 atom stereocenters. The number of ether oxygens (including phenoxy) is 1. The van der Waals surface area contributed by atoms with E-state index in [0.717, 1.165) is 18.6 Å². The Balaban J connectivity index is 1.74. The zero-order valence-electron chi connectivity index (χ0n) is 9.98. The van der Waals surface area contributed by atoms with E-state index in [-0.39, 0.29) is 12.0 Å². The van der Waals surface area contributed by atoms with Crippen LogP contribution in [0, 0.1) is 0 Å². The van der Waals surface area contributed by atoms with Gasteiger partial charge in [0, 0.05) is 0 Å². The van der Waals surface area contributed by atoms with E-state index in [1.165, 1.54) is 0 Å². The molecule has 0 saturated heterocycles. The number of hydrogen-bond acceptors (Lipinski definition) is 3. The second-order valence-electron chi connectivity index (χ2n) is 4.61. The van der Waals surface area contributed by atoms with Gasteiger partial charge in [0.1, 0.15) is 11.9 Å². The van der Waals surface area contributed by atoms with E-state index in [0.29, 0.717) is 6.54 Å². The molecule has 0 aliphatic heterocycles. The van der Waals surface area contributed by atoms with Crippen molar-refractivity contribution in [3.63, 3.8) is 0 Å². The number of carbonyl (C=O) groups is 1. The van der Waals surface area contributed by atoms with Crippen LogP contribution in [0.25, 0.3) is 0 Å². The average Bonchev–Trinajstić information content (AvgIpc) is 3.07. The van der Waals surface area contributed by atoms with Crippen LogP contribution in [0.4, 0.5) is 0 Å². The minimum atomic E-state index is -0.605. The standard InChI is InChI=1S/C13H18N2O2/c1-10(17-11-5-3-2-4-6-11)9-15-12(16)13(14)7-8-13/h2-6,10H,7-9,14H2,1H3,(H,15,16). The Bertz CT molecular complexity index is 388. The summed E-state index contributed by atoms with van der Waals surface area (Å²) in [4.78, 5) is 11.6. The summed E-state index contributed by atoms with van der Waals surface area (Å²) >= 11 is 0. The summed E-state index contributed by atoms with van der Waals surface area (Å²) in [5, 5.41) is 2.82. The Morgan fingerprint density at radius 1 is 1.47 bits per heavy atom. The molecule has 1 aromatic rings. The van der Waals surface area contributed by atoms with Gasteiger partial charge in [-0.2, -0.15) is 0 Å². The first-order valence-electron chi connectivity index (χ1n) is 5.89. The predicted molar refractivity (Wildman–Crippen MR) is 65.7 cm³/mol. The number of benzene rings is 1. The van der Waals surface area contributed by atoms with Crippen molar-refractivity contribution in [3.05, 3.63) is 30.3 Å². The lowest BCUT2D eigenvalue weighted by Crippen LogP contribution is -2.45. The Morgan fingerprint density at radius 3 is 2.71 bits per heavy atom. The minimum Gasteiger partial charge on any atom is -0.489 e. The SMILES string of the molecule is CC(CNC(=O)C1(N)CC1)Oc1ccccc1. The third-order valence-corrected chi connectivity index (χ3v) is 2.87. The van der Waals surface area contributed by atoms with Crippen LogP contribution >= 0.6 is 0 Å². The van der Waals surface area contributed by atoms with Crippen LogP contribution in [0.2, 0.25) is 0 Å². The molecular formula is C13H18N2O2. The summed E-state index contributed by atoms with van der Waals surface area (Å²) in [5.41, 5.74) is 5.17. The minimum absolute atomic E-state index is 0.0660. The Labute approximate surface area is 101 Å². The maximum Gasteiger partial charge on any atom is 0.240 e. The number of amides is 1. The number of nitrogens with two attached hydrogens (primary N) is 1. The van der Waals surface area contributed by atoms with Crippen LogP contribution in [0.15, 0.2) is 30.3 Å². The van der Waals surface area contributed by atoms with Crippen LogP contribution in [0.1, 0.15) is 19.8 Å². The van der Waals surface area contributed by atoms with Crippen molar-refractivity contribution in [2.45, 2.75) is 31.4 Å². The molecule has 92 valence electrons. The van der Waals surface area contributed by atoms with E-state index in [4.69, 9.17) is 10.5 Å². The van der Waals surface area contributed by atoms with E-state index in [1.807, 2.05) is 37.3 Å². The van der Waals surface area contributed by atoms with Gasteiger partial charge in [-0.3, -0.25) is 4.79 Å². The molecule has 1 amide bonds. The lowest BCUT2D eigenvalue weighted by molar-refractivity contribution is -0.123. The number of nitrogens with one attached hydrogen (secondary N) is 1. The van der Waals surface area contributed by atoms with Gasteiger partial charge >= 0.3 is 0 Å². The summed E-state index contributed by atoms with van der Waals surface area (Å²) in [6.07, 6.45) is 1.50. The molecule has 2 rings (SSSR count). The largest absolute Gasteiger partial charge is 0.489 e. The molecule has 1 aliphatic carbocycles. The van der Waals surface area contributed by atoms with Gasteiger partial charge in [0.25, 0.3) is 0 Å². The van der Waals surface area contributed by atoms with Crippen LogP contribution < -0.4 is 15.8 Å². The number of rotatable bonds is 5. The van der Waals surface area contributed by atoms with E-state index >= 15 is 0 Å². The normalized spacial score (nSPS) is 18.2. The summed E-state index contributed by atoms with van der Waals surface area (Å²) in [5.74, 6) is 0.740. The first-order chi connectivity index (χ1) is 8.10. The fourth-order valence-electron chi connectivity index (χ4n) is 1.55. The average molecular weight is 234 g/mol. The molecule has 0 spiro atoms. The van der Waals surface area contributed by atoms with E-state index in [2.05, 4.69) is 5.32 Å². The number of hydrogen-bond donors (Lipinski definition) is 2. The van der Waals surface area contributed by atoms with Gasteiger partial charge in [-0.05, 0) is 31.9 Å². The summed E-state index contributed by atoms with van der Waals surface area (Å²) in [6, 6.07) is 9.55. The van der Waals surface area contributed by atoms with Crippen LogP contribution in [0.3, 0.4) is 0 Å². The van der Waals surface area contributed by atoms with Gasteiger partial charge in [0.05, 0.1) is 12.1 Å². The van der Waals surface area contributed by atoms with Crippen LogP contribution in [-0.4, -0.2) is 24.1 Å². The molecule has 0 radical (unpaired) electrons. The quantitative estimate of drug-likeness (QED) is 0.800. The van der Waals surface area contributed by atoms with Gasteiger partial charge in [-0.15, -0.1) is 0 Å². The van der Waals surface area contributed by atoms with E-state index in [1.54, 1.807) is 0 Å². The smallest absolute Gasteiger partial charge is 0.240 e. The van der Waals surface area contributed by atoms with Crippen molar-refractivity contribution in [2.75, 3.05) is 6.54 Å². The third-order valence-electron chi connectivity index (χ3n) is 2.87. The molecule has 1 fully saturated rings. The molecule has 4 heteroatoms. The van der Waals surface area contributed by atoms with Crippen molar-refractivity contribution < 1.29 is 9.53 Å². The van der Waals surface area contributed by atoms with Crippen LogP contribution in [0.5, 0.6) is 5.75 Å². The van der Waals surface area contributed by atoms with Gasteiger partial charge in [-0.1, -0.05) is 18.2 Å². The number of carbonyl (C=O) groups excluding carboxylic acids is 1. The van der Waals surface area contributed by atoms with Crippen molar-refractivity contribution in [1.29, 1.82) is 0 Å². The van der Waals surface area contributed by atoms with Crippen LogP contribution in [-0.2, 0) is 4.79 Å². The van der Waals surface area contributed by atoms with Crippen molar-refractivity contribution in [1.82, 2.24) is 5.32 Å². The first-order valence-corrected chi connectivity index (χ1v) is 5.89. The topological polar surface area (TPSA) is 64.4 Å². The van der Waals surface area contributed by atoms with Crippen molar-refractivity contribution in [2.24, 2.45) is 5.73 Å². The van der Waals surface area contributed by atoms with E-state index < -0.39 is 5.54 Å². The van der Waals surface area contributed by atoms with Gasteiger partial charge in [0.15, 0.2) is 0 Å². The lowest BCUT2D eigenvalue weighted by atomic mass is 10.2. The molecule has 0 bridgehead atoms. The maximum atomic E-state index is 11.6. The van der Waals surface area contributed by atoms with Crippen molar-refractivity contribution >= 4 is 5.91 Å². The Morgan fingerprint density at radius 2 is 2.12 bits per heavy atom. The molecule has 17 heavy (non-hydrogen) atoms. The van der Waals surface area contributed by atoms with E-state index in [9.17, 15) is 4.79 Å². The molecule has 1 unspecified atom stereocenters. The molecule has 0 aromatic heterocycles. The second-order valence-corrected chi connectivity index (χ2v) is 4.61. The highest BCUT2D eigenvalue weighted by atomic mass is 16.5. The molecule has 4 nitrogen and oxygen atoms in total. The highest BCUT2D eigenvalue weighted by Crippen LogP contribution is 2.31. The molecule has 1 saturated carbocycles. The van der Waals surface area contributed by atoms with Gasteiger partial charge in [-0.25, -0.2) is 0 Å². The first kappa shape index (κ1) is 11.9. The zero-order chi connectivity index (χ0) is 12.3. The molecular weight excluding hydrogens is 216 g/mol. The highest BCUT2D eigenvalue weighted by Gasteiger charge is 2.45. The summed E-state index contributed by atoms with van der Waals surface area (Å²) in [6.45, 7) is 2.40. The molecule has 3 N–H and O–H groups in total. The maximum absolute atomic E-state index is 11.6. The second kappa shape index (κ2) is 4.75.